The number of carbonyl (C=O) groups excluding carboxylic acids is 1. The van der Waals surface area contributed by atoms with Gasteiger partial charge >= 0.3 is 0 Å². The third-order valence-electron chi connectivity index (χ3n) is 2.95. The predicted octanol–water partition coefficient (Wildman–Crippen LogP) is 1.76. The van der Waals surface area contributed by atoms with Crippen molar-refractivity contribution in [1.82, 2.24) is 5.32 Å². The van der Waals surface area contributed by atoms with Gasteiger partial charge in [-0.2, -0.15) is 0 Å². The van der Waals surface area contributed by atoms with Gasteiger partial charge in [0.25, 0.3) is 0 Å². The molecule has 1 heterocycles. The molecule has 0 amide bonds. The lowest BCUT2D eigenvalue weighted by molar-refractivity contribution is -0.117. The van der Waals surface area contributed by atoms with E-state index in [1.165, 1.54) is 19.3 Å². The molecule has 0 aromatic heterocycles. The predicted molar refractivity (Wildman–Crippen MR) is 60.9 cm³/mol. The Morgan fingerprint density at radius 1 is 1.33 bits per heavy atom. The molecule has 0 radical (unpaired) electrons. The highest BCUT2D eigenvalue weighted by Gasteiger charge is 2.12. The van der Waals surface area contributed by atoms with Crippen LogP contribution in [0.25, 0.3) is 0 Å². The summed E-state index contributed by atoms with van der Waals surface area (Å²) in [7, 11) is 0. The molecule has 88 valence electrons. The molecule has 1 aliphatic rings. The molecule has 0 aromatic carbocycles. The van der Waals surface area contributed by atoms with Crippen LogP contribution in [0, 0.1) is 5.92 Å². The van der Waals surface area contributed by atoms with Crippen molar-refractivity contribution in [2.24, 2.45) is 5.92 Å². The molecule has 1 saturated heterocycles. The maximum atomic E-state index is 10.7. The van der Waals surface area contributed by atoms with Crippen LogP contribution in [0.4, 0.5) is 0 Å². The summed E-state index contributed by atoms with van der Waals surface area (Å²) < 4.78 is 5.31. The normalized spacial score (nSPS) is 17.9. The molecule has 0 bridgehead atoms. The van der Waals surface area contributed by atoms with E-state index >= 15 is 0 Å². The minimum atomic E-state index is 0.293. The van der Waals surface area contributed by atoms with Gasteiger partial charge < -0.3 is 14.8 Å². The zero-order chi connectivity index (χ0) is 10.9. The lowest BCUT2D eigenvalue weighted by atomic mass is 9.97. The quantitative estimate of drug-likeness (QED) is 0.655. The van der Waals surface area contributed by atoms with E-state index in [1.807, 2.05) is 0 Å². The maximum absolute atomic E-state index is 10.7. The number of rotatable bonds is 7. The zero-order valence-electron chi connectivity index (χ0n) is 9.76. The second kappa shape index (κ2) is 7.83. The third kappa shape index (κ3) is 6.63. The average Bonchev–Trinajstić information content (AvgIpc) is 2.24. The van der Waals surface area contributed by atoms with Crippen molar-refractivity contribution in [3.8, 4) is 0 Å². The summed E-state index contributed by atoms with van der Waals surface area (Å²) in [6.07, 6.45) is 5.38. The van der Waals surface area contributed by atoms with E-state index in [-0.39, 0.29) is 0 Å². The largest absolute Gasteiger partial charge is 0.381 e. The Morgan fingerprint density at radius 2 is 2.07 bits per heavy atom. The van der Waals surface area contributed by atoms with Gasteiger partial charge in [-0.05, 0) is 51.6 Å². The first kappa shape index (κ1) is 12.7. The molecular weight excluding hydrogens is 190 g/mol. The van der Waals surface area contributed by atoms with Crippen LogP contribution in [0.3, 0.4) is 0 Å². The number of nitrogens with one attached hydrogen (secondary N) is 1. The van der Waals surface area contributed by atoms with Crippen molar-refractivity contribution >= 4 is 5.78 Å². The Bertz CT molecular complexity index is 176. The average molecular weight is 213 g/mol. The molecule has 15 heavy (non-hydrogen) atoms. The van der Waals surface area contributed by atoms with Gasteiger partial charge in [-0.15, -0.1) is 0 Å². The number of ether oxygens (including phenoxy) is 1. The van der Waals surface area contributed by atoms with Crippen molar-refractivity contribution in [3.05, 3.63) is 0 Å². The van der Waals surface area contributed by atoms with Gasteiger partial charge in [0.1, 0.15) is 5.78 Å². The molecule has 1 aliphatic heterocycles. The van der Waals surface area contributed by atoms with E-state index in [9.17, 15) is 4.79 Å². The molecule has 3 nitrogen and oxygen atoms in total. The van der Waals surface area contributed by atoms with Crippen LogP contribution in [0.2, 0.25) is 0 Å². The molecule has 0 aliphatic carbocycles. The smallest absolute Gasteiger partial charge is 0.129 e. The number of ketones is 1. The van der Waals surface area contributed by atoms with Gasteiger partial charge in [0, 0.05) is 19.6 Å². The van der Waals surface area contributed by atoms with E-state index in [2.05, 4.69) is 5.32 Å². The van der Waals surface area contributed by atoms with Crippen molar-refractivity contribution < 1.29 is 9.53 Å². The Balaban J connectivity index is 1.85. The van der Waals surface area contributed by atoms with Crippen LogP contribution >= 0.6 is 0 Å². The van der Waals surface area contributed by atoms with Gasteiger partial charge in [0.15, 0.2) is 0 Å². The van der Waals surface area contributed by atoms with Crippen LogP contribution in [0.1, 0.15) is 39.0 Å². The number of carbonyl (C=O) groups is 1. The summed E-state index contributed by atoms with van der Waals surface area (Å²) in [6.45, 7) is 5.59. The topological polar surface area (TPSA) is 38.3 Å². The molecule has 0 saturated carbocycles. The van der Waals surface area contributed by atoms with Crippen molar-refractivity contribution in [2.45, 2.75) is 39.0 Å². The molecular formula is C12H23NO2. The first-order valence-corrected chi connectivity index (χ1v) is 6.07. The maximum Gasteiger partial charge on any atom is 0.129 e. The minimum Gasteiger partial charge on any atom is -0.381 e. The summed E-state index contributed by atoms with van der Waals surface area (Å²) in [6, 6.07) is 0. The minimum absolute atomic E-state index is 0.293. The van der Waals surface area contributed by atoms with Gasteiger partial charge in [0.2, 0.25) is 0 Å². The van der Waals surface area contributed by atoms with Crippen LogP contribution in [-0.4, -0.2) is 32.1 Å². The molecule has 0 atom stereocenters. The molecule has 1 rings (SSSR count). The Kier molecular flexibility index (Phi) is 6.60. The van der Waals surface area contributed by atoms with Crippen LogP contribution in [0.15, 0.2) is 0 Å². The van der Waals surface area contributed by atoms with Crippen molar-refractivity contribution in [3.63, 3.8) is 0 Å². The first-order valence-electron chi connectivity index (χ1n) is 6.07. The fourth-order valence-corrected chi connectivity index (χ4v) is 1.93. The van der Waals surface area contributed by atoms with Crippen molar-refractivity contribution in [1.29, 1.82) is 0 Å². The second-order valence-corrected chi connectivity index (χ2v) is 4.40. The monoisotopic (exact) mass is 213 g/mol. The summed E-state index contributed by atoms with van der Waals surface area (Å²) in [4.78, 5) is 10.7. The van der Waals surface area contributed by atoms with E-state index in [4.69, 9.17) is 4.74 Å². The second-order valence-electron chi connectivity index (χ2n) is 4.40. The Morgan fingerprint density at radius 3 is 2.73 bits per heavy atom. The lowest BCUT2D eigenvalue weighted by Crippen LogP contribution is -2.23. The number of Topliss-reactive ketones (excluding diaryl/α,β-unsaturated/α-hetero) is 1. The van der Waals surface area contributed by atoms with Crippen LogP contribution in [-0.2, 0) is 9.53 Å². The first-order chi connectivity index (χ1) is 7.29. The SMILES string of the molecule is CC(=O)CCCNCCC1CCOCC1. The van der Waals surface area contributed by atoms with E-state index in [1.54, 1.807) is 6.92 Å². The molecule has 3 heteroatoms. The molecule has 0 spiro atoms. The summed E-state index contributed by atoms with van der Waals surface area (Å²) in [5.74, 6) is 1.14. The van der Waals surface area contributed by atoms with Gasteiger partial charge in [-0.1, -0.05) is 0 Å². The number of hydrogen-bond donors (Lipinski definition) is 1. The molecule has 0 unspecified atom stereocenters. The Labute approximate surface area is 92.6 Å². The standard InChI is InChI=1S/C12H23NO2/c1-11(14)3-2-7-13-8-4-12-5-9-15-10-6-12/h12-13H,2-10H2,1H3. The zero-order valence-corrected chi connectivity index (χ0v) is 9.76. The van der Waals surface area contributed by atoms with Crippen LogP contribution in [0.5, 0.6) is 0 Å². The fourth-order valence-electron chi connectivity index (χ4n) is 1.93. The fraction of sp³-hybridized carbons (Fsp3) is 0.917. The van der Waals surface area contributed by atoms with Gasteiger partial charge in [-0.25, -0.2) is 0 Å². The van der Waals surface area contributed by atoms with Crippen molar-refractivity contribution in [2.75, 3.05) is 26.3 Å². The summed E-state index contributed by atoms with van der Waals surface area (Å²) in [5, 5.41) is 3.40. The van der Waals surface area contributed by atoms with E-state index < -0.39 is 0 Å². The highest BCUT2D eigenvalue weighted by molar-refractivity contribution is 5.75. The highest BCUT2D eigenvalue weighted by Crippen LogP contribution is 2.17. The Hall–Kier alpha value is -0.410. The number of hydrogen-bond acceptors (Lipinski definition) is 3. The summed E-state index contributed by atoms with van der Waals surface area (Å²) >= 11 is 0. The lowest BCUT2D eigenvalue weighted by Gasteiger charge is -2.21. The van der Waals surface area contributed by atoms with E-state index in [0.717, 1.165) is 38.6 Å². The summed E-state index contributed by atoms with van der Waals surface area (Å²) in [5.41, 5.74) is 0. The molecule has 1 N–H and O–H groups in total. The molecule has 1 fully saturated rings. The van der Waals surface area contributed by atoms with E-state index in [0.29, 0.717) is 12.2 Å². The van der Waals surface area contributed by atoms with Crippen LogP contribution < -0.4 is 5.32 Å². The van der Waals surface area contributed by atoms with Gasteiger partial charge in [0.05, 0.1) is 0 Å². The molecule has 0 aromatic rings. The third-order valence-corrected chi connectivity index (χ3v) is 2.95. The highest BCUT2D eigenvalue weighted by atomic mass is 16.5. The van der Waals surface area contributed by atoms with Gasteiger partial charge in [-0.3, -0.25) is 0 Å².